The van der Waals surface area contributed by atoms with Crippen molar-refractivity contribution in [3.05, 3.63) is 41.2 Å². The standard InChI is InChI=1S/C22H26ClN5O2/c1-4-28-20-17(14(2)26-28)7-10-24-21(20)27-11-8-15(9-12-27)22(29)25-16-5-6-19(30-3)18(23)13-16/h5-7,10,13,15H,4,8-9,11-12H2,1-3H3,(H,25,29). The van der Waals surface area contributed by atoms with Gasteiger partial charge in [0, 0.05) is 42.8 Å². The number of fused-ring (bicyclic) bond motifs is 1. The Labute approximate surface area is 181 Å². The van der Waals surface area contributed by atoms with Gasteiger partial charge in [0.15, 0.2) is 5.82 Å². The fourth-order valence-electron chi connectivity index (χ4n) is 4.08. The van der Waals surface area contributed by atoms with Gasteiger partial charge in [0.2, 0.25) is 5.91 Å². The van der Waals surface area contributed by atoms with E-state index in [-0.39, 0.29) is 11.8 Å². The highest BCUT2D eigenvalue weighted by Gasteiger charge is 2.27. The van der Waals surface area contributed by atoms with Crippen LogP contribution in [0.15, 0.2) is 30.5 Å². The van der Waals surface area contributed by atoms with Crippen molar-refractivity contribution in [3.63, 3.8) is 0 Å². The highest BCUT2D eigenvalue weighted by Crippen LogP contribution is 2.31. The zero-order chi connectivity index (χ0) is 21.3. The maximum atomic E-state index is 12.8. The van der Waals surface area contributed by atoms with Crippen molar-refractivity contribution in [2.24, 2.45) is 5.92 Å². The highest BCUT2D eigenvalue weighted by molar-refractivity contribution is 6.32. The number of halogens is 1. The first-order chi connectivity index (χ1) is 14.5. The molecule has 1 fully saturated rings. The Morgan fingerprint density at radius 3 is 2.73 bits per heavy atom. The number of ether oxygens (including phenoxy) is 1. The van der Waals surface area contributed by atoms with Gasteiger partial charge in [-0.3, -0.25) is 9.48 Å². The summed E-state index contributed by atoms with van der Waals surface area (Å²) in [6.45, 7) is 6.47. The zero-order valence-corrected chi connectivity index (χ0v) is 18.2. The van der Waals surface area contributed by atoms with Gasteiger partial charge < -0.3 is 15.0 Å². The molecular formula is C22H26ClN5O2. The van der Waals surface area contributed by atoms with Crippen LogP contribution in [0, 0.1) is 12.8 Å². The molecule has 1 aromatic carbocycles. The van der Waals surface area contributed by atoms with Crippen molar-refractivity contribution in [3.8, 4) is 5.75 Å². The lowest BCUT2D eigenvalue weighted by Crippen LogP contribution is -2.38. The summed E-state index contributed by atoms with van der Waals surface area (Å²) in [5.41, 5.74) is 2.78. The minimum absolute atomic E-state index is 0.0245. The third-order valence-electron chi connectivity index (χ3n) is 5.71. The molecule has 3 aromatic rings. The largest absolute Gasteiger partial charge is 0.495 e. The van der Waals surface area contributed by atoms with Crippen molar-refractivity contribution in [2.45, 2.75) is 33.2 Å². The van der Waals surface area contributed by atoms with Gasteiger partial charge in [-0.15, -0.1) is 0 Å². The Morgan fingerprint density at radius 2 is 2.07 bits per heavy atom. The fourth-order valence-corrected chi connectivity index (χ4v) is 4.33. The molecule has 7 nitrogen and oxygen atoms in total. The van der Waals surface area contributed by atoms with Gasteiger partial charge in [0.05, 0.1) is 17.8 Å². The number of aryl methyl sites for hydroxylation is 2. The summed E-state index contributed by atoms with van der Waals surface area (Å²) < 4.78 is 7.17. The van der Waals surface area contributed by atoms with E-state index in [4.69, 9.17) is 16.3 Å². The van der Waals surface area contributed by atoms with Crippen LogP contribution in [0.3, 0.4) is 0 Å². The molecule has 158 valence electrons. The molecule has 30 heavy (non-hydrogen) atoms. The van der Waals surface area contributed by atoms with E-state index in [2.05, 4.69) is 27.2 Å². The summed E-state index contributed by atoms with van der Waals surface area (Å²) in [7, 11) is 1.57. The first-order valence-corrected chi connectivity index (χ1v) is 10.6. The number of nitrogens with one attached hydrogen (secondary N) is 1. The second-order valence-electron chi connectivity index (χ2n) is 7.53. The van der Waals surface area contributed by atoms with Crippen LogP contribution in [0.2, 0.25) is 5.02 Å². The molecule has 1 N–H and O–H groups in total. The van der Waals surface area contributed by atoms with Crippen LogP contribution in [-0.2, 0) is 11.3 Å². The number of anilines is 2. The molecule has 8 heteroatoms. The molecule has 0 unspecified atom stereocenters. The number of aromatic nitrogens is 3. The summed E-state index contributed by atoms with van der Waals surface area (Å²) in [6.07, 6.45) is 3.39. The molecular weight excluding hydrogens is 402 g/mol. The summed E-state index contributed by atoms with van der Waals surface area (Å²) in [5.74, 6) is 1.53. The third kappa shape index (κ3) is 3.81. The fraction of sp³-hybridized carbons (Fsp3) is 0.409. The predicted molar refractivity (Wildman–Crippen MR) is 120 cm³/mol. The SMILES string of the molecule is CCn1nc(C)c2ccnc(N3CCC(C(=O)Nc4ccc(OC)c(Cl)c4)CC3)c21. The number of rotatable bonds is 5. The Bertz CT molecular complexity index is 1070. The molecule has 1 amide bonds. The van der Waals surface area contributed by atoms with Crippen molar-refractivity contribution >= 4 is 39.9 Å². The number of piperidine rings is 1. The van der Waals surface area contributed by atoms with Crippen LogP contribution in [0.1, 0.15) is 25.5 Å². The van der Waals surface area contributed by atoms with E-state index in [0.29, 0.717) is 16.5 Å². The number of hydrogen-bond donors (Lipinski definition) is 1. The lowest BCUT2D eigenvalue weighted by atomic mass is 9.95. The van der Waals surface area contributed by atoms with Crippen LogP contribution < -0.4 is 15.0 Å². The number of hydrogen-bond acceptors (Lipinski definition) is 5. The van der Waals surface area contributed by atoms with Gasteiger partial charge in [-0.1, -0.05) is 11.6 Å². The lowest BCUT2D eigenvalue weighted by Gasteiger charge is -2.32. The summed E-state index contributed by atoms with van der Waals surface area (Å²) in [4.78, 5) is 19.7. The molecule has 0 radical (unpaired) electrons. The number of carbonyl (C=O) groups is 1. The number of benzene rings is 1. The first-order valence-electron chi connectivity index (χ1n) is 10.2. The molecule has 1 aliphatic heterocycles. The third-order valence-corrected chi connectivity index (χ3v) is 6.00. The Balaban J connectivity index is 1.45. The molecule has 0 saturated carbocycles. The van der Waals surface area contributed by atoms with Gasteiger partial charge in [-0.2, -0.15) is 5.10 Å². The first kappa shape index (κ1) is 20.5. The van der Waals surface area contributed by atoms with Gasteiger partial charge in [0.25, 0.3) is 0 Å². The highest BCUT2D eigenvalue weighted by atomic mass is 35.5. The van der Waals surface area contributed by atoms with E-state index in [1.54, 1.807) is 25.3 Å². The quantitative estimate of drug-likeness (QED) is 0.658. The molecule has 1 saturated heterocycles. The van der Waals surface area contributed by atoms with Crippen LogP contribution in [0.4, 0.5) is 11.5 Å². The number of carbonyl (C=O) groups excluding carboxylic acids is 1. The smallest absolute Gasteiger partial charge is 0.227 e. The van der Waals surface area contributed by atoms with Gasteiger partial charge in [-0.25, -0.2) is 4.98 Å². The van der Waals surface area contributed by atoms with Crippen molar-refractivity contribution in [1.29, 1.82) is 0 Å². The summed E-state index contributed by atoms with van der Waals surface area (Å²) in [6, 6.07) is 7.29. The van der Waals surface area contributed by atoms with Crippen LogP contribution in [-0.4, -0.2) is 40.9 Å². The second kappa shape index (κ2) is 8.52. The van der Waals surface area contributed by atoms with Crippen LogP contribution in [0.25, 0.3) is 10.9 Å². The minimum atomic E-state index is -0.0425. The molecule has 0 atom stereocenters. The Morgan fingerprint density at radius 1 is 1.30 bits per heavy atom. The molecule has 4 rings (SSSR count). The molecule has 2 aromatic heterocycles. The predicted octanol–water partition coefficient (Wildman–Crippen LogP) is 4.28. The monoisotopic (exact) mass is 427 g/mol. The zero-order valence-electron chi connectivity index (χ0n) is 17.5. The summed E-state index contributed by atoms with van der Waals surface area (Å²) >= 11 is 6.16. The molecule has 0 bridgehead atoms. The van der Waals surface area contributed by atoms with E-state index >= 15 is 0 Å². The van der Waals surface area contributed by atoms with Gasteiger partial charge in [-0.05, 0) is 51.0 Å². The van der Waals surface area contributed by atoms with E-state index in [1.165, 1.54) is 0 Å². The number of amides is 1. The molecule has 1 aliphatic rings. The van der Waals surface area contributed by atoms with E-state index in [9.17, 15) is 4.79 Å². The van der Waals surface area contributed by atoms with Crippen molar-refractivity contribution in [2.75, 3.05) is 30.4 Å². The average molecular weight is 428 g/mol. The van der Waals surface area contributed by atoms with E-state index in [0.717, 1.165) is 54.9 Å². The Hall–Kier alpha value is -2.80. The van der Waals surface area contributed by atoms with E-state index in [1.807, 2.05) is 23.9 Å². The summed E-state index contributed by atoms with van der Waals surface area (Å²) in [5, 5.41) is 9.24. The molecule has 3 heterocycles. The van der Waals surface area contributed by atoms with Crippen LogP contribution in [0.5, 0.6) is 5.75 Å². The lowest BCUT2D eigenvalue weighted by molar-refractivity contribution is -0.120. The van der Waals surface area contributed by atoms with Crippen molar-refractivity contribution in [1.82, 2.24) is 14.8 Å². The average Bonchev–Trinajstić information content (AvgIpc) is 3.10. The number of pyridine rings is 1. The number of methoxy groups -OCH3 is 1. The number of nitrogens with zero attached hydrogens (tertiary/aromatic N) is 4. The second-order valence-corrected chi connectivity index (χ2v) is 7.94. The van der Waals surface area contributed by atoms with Gasteiger partial charge >= 0.3 is 0 Å². The normalized spacial score (nSPS) is 14.9. The molecule has 0 spiro atoms. The topological polar surface area (TPSA) is 72.3 Å². The maximum absolute atomic E-state index is 12.8. The molecule has 0 aliphatic carbocycles. The van der Waals surface area contributed by atoms with Crippen LogP contribution >= 0.6 is 11.6 Å². The minimum Gasteiger partial charge on any atom is -0.495 e. The van der Waals surface area contributed by atoms with Gasteiger partial charge in [0.1, 0.15) is 11.3 Å². The maximum Gasteiger partial charge on any atom is 0.227 e. The van der Waals surface area contributed by atoms with E-state index < -0.39 is 0 Å². The Kier molecular flexibility index (Phi) is 5.81. The van der Waals surface area contributed by atoms with Crippen molar-refractivity contribution < 1.29 is 9.53 Å².